The Bertz CT molecular complexity index is 3460. The Labute approximate surface area is 455 Å². The first-order valence-corrected chi connectivity index (χ1v) is 28.1. The van der Waals surface area contributed by atoms with Crippen LogP contribution in [0.1, 0.15) is 182 Å². The van der Waals surface area contributed by atoms with Crippen LogP contribution in [0.5, 0.6) is 0 Å². The van der Waals surface area contributed by atoms with Crippen molar-refractivity contribution < 1.29 is 19.1 Å². The Hall–Kier alpha value is -7.34. The molecule has 12 heteroatoms. The van der Waals surface area contributed by atoms with Gasteiger partial charge in [0.05, 0.1) is 36.0 Å². The van der Waals surface area contributed by atoms with Crippen LogP contribution in [-0.4, -0.2) is 68.2 Å². The van der Waals surface area contributed by atoms with Crippen molar-refractivity contribution >= 4 is 71.5 Å². The van der Waals surface area contributed by atoms with Crippen molar-refractivity contribution in [3.8, 4) is 0 Å². The van der Waals surface area contributed by atoms with Gasteiger partial charge in [0.2, 0.25) is 11.8 Å². The van der Waals surface area contributed by atoms with Crippen LogP contribution in [0.2, 0.25) is 0 Å². The lowest BCUT2D eigenvalue weighted by molar-refractivity contribution is -0.114. The van der Waals surface area contributed by atoms with Gasteiger partial charge < -0.3 is 29.4 Å². The van der Waals surface area contributed by atoms with Gasteiger partial charge in [0.25, 0.3) is 11.8 Å². The average Bonchev–Trinajstić information content (AvgIpc) is 4.28. The molecule has 0 aromatic carbocycles. The van der Waals surface area contributed by atoms with Crippen molar-refractivity contribution in [1.29, 1.82) is 0 Å². The third-order valence-corrected chi connectivity index (χ3v) is 16.3. The van der Waals surface area contributed by atoms with Crippen LogP contribution in [0.25, 0.3) is 36.5 Å². The lowest BCUT2D eigenvalue weighted by Crippen LogP contribution is -2.14. The van der Waals surface area contributed by atoms with Gasteiger partial charge in [-0.15, -0.1) is 0 Å². The second kappa shape index (κ2) is 23.5. The van der Waals surface area contributed by atoms with E-state index in [-0.39, 0.29) is 11.8 Å². The van der Waals surface area contributed by atoms with E-state index in [0.29, 0.717) is 31.4 Å². The quantitative estimate of drug-likeness (QED) is 0.0729. The molecule has 0 spiro atoms. The van der Waals surface area contributed by atoms with Crippen LogP contribution in [-0.2, 0) is 44.7 Å². The first-order chi connectivity index (χ1) is 36.9. The normalized spacial score (nSPS) is 18.2. The smallest absolute Gasteiger partial charge is 0.273 e. The van der Waals surface area contributed by atoms with Gasteiger partial charge in [-0.2, -0.15) is 0 Å². The first kappa shape index (κ1) is 55.9. The zero-order valence-electron chi connectivity index (χ0n) is 48.7. The van der Waals surface area contributed by atoms with Crippen molar-refractivity contribution in [2.75, 3.05) is 13.2 Å². The van der Waals surface area contributed by atoms with E-state index in [1.165, 1.54) is 55.7 Å². The number of aromatic nitrogens is 4. The van der Waals surface area contributed by atoms with Gasteiger partial charge in [0.1, 0.15) is 0 Å². The third kappa shape index (κ3) is 10.7. The topological polar surface area (TPSA) is 165 Å². The fourth-order valence-corrected chi connectivity index (χ4v) is 11.7. The highest BCUT2D eigenvalue weighted by Gasteiger charge is 2.26. The molecular formula is C65H80N8O4. The molecule has 0 bridgehead atoms. The minimum atomic E-state index is -0.144. The summed E-state index contributed by atoms with van der Waals surface area (Å²) in [7, 11) is 0. The first-order valence-electron chi connectivity index (χ1n) is 28.1. The Morgan fingerprint density at radius 1 is 0.364 bits per heavy atom. The molecule has 8 heterocycles. The molecule has 77 heavy (non-hydrogen) atoms. The van der Waals surface area contributed by atoms with Gasteiger partial charge in [0, 0.05) is 72.9 Å². The maximum absolute atomic E-state index is 12.5. The molecule has 0 fully saturated rings. The van der Waals surface area contributed by atoms with Gasteiger partial charge in [-0.3, -0.25) is 9.59 Å². The van der Waals surface area contributed by atoms with Crippen molar-refractivity contribution in [2.24, 2.45) is 20.0 Å². The van der Waals surface area contributed by atoms with Crippen molar-refractivity contribution in [3.05, 3.63) is 145 Å². The van der Waals surface area contributed by atoms with Crippen LogP contribution >= 0.6 is 0 Å². The van der Waals surface area contributed by atoms with Crippen LogP contribution < -0.4 is 21.4 Å². The number of carbonyl (C=O) groups is 2. The fourth-order valence-electron chi connectivity index (χ4n) is 11.7. The van der Waals surface area contributed by atoms with E-state index >= 15 is 0 Å². The summed E-state index contributed by atoms with van der Waals surface area (Å²) in [6.07, 6.45) is 20.2. The molecule has 0 aliphatic carbocycles. The summed E-state index contributed by atoms with van der Waals surface area (Å²) in [6.45, 7) is 34.8. The lowest BCUT2D eigenvalue weighted by Gasteiger charge is -2.09. The summed E-state index contributed by atoms with van der Waals surface area (Å²) in [5.74, 6) is 1.03. The molecule has 404 valence electrons. The number of carbonyl (C=O) groups excluding carboxylic acids is 2. The van der Waals surface area contributed by atoms with Crippen LogP contribution in [0.3, 0.4) is 0 Å². The molecule has 4 N–H and O–H groups in total. The highest BCUT2D eigenvalue weighted by atomic mass is 16.5. The Morgan fingerprint density at radius 3 is 1.06 bits per heavy atom. The number of aromatic amines is 4. The maximum atomic E-state index is 12.5. The molecule has 4 aromatic rings. The molecule has 8 rings (SSSR count). The number of nitrogens with zero attached hydrogens (tertiary/aromatic N) is 4. The van der Waals surface area contributed by atoms with E-state index in [9.17, 15) is 9.59 Å². The number of amides is 2. The van der Waals surface area contributed by atoms with Gasteiger partial charge in [-0.1, -0.05) is 55.4 Å². The van der Waals surface area contributed by atoms with Crippen LogP contribution in [0, 0.1) is 27.7 Å². The van der Waals surface area contributed by atoms with E-state index in [1.54, 1.807) is 0 Å². The molecule has 0 radical (unpaired) electrons. The highest BCUT2D eigenvalue weighted by Crippen LogP contribution is 2.34. The van der Waals surface area contributed by atoms with Gasteiger partial charge >= 0.3 is 0 Å². The van der Waals surface area contributed by atoms with E-state index in [0.717, 1.165) is 152 Å². The zero-order chi connectivity index (χ0) is 55.6. The second-order valence-corrected chi connectivity index (χ2v) is 20.6. The summed E-state index contributed by atoms with van der Waals surface area (Å²) in [5.41, 5.74) is 25.3. The van der Waals surface area contributed by atoms with E-state index in [4.69, 9.17) is 19.5 Å². The van der Waals surface area contributed by atoms with Crippen molar-refractivity contribution in [3.63, 3.8) is 0 Å². The fraction of sp³-hybridized carbons (Fsp3) is 0.415. The molecule has 0 saturated heterocycles. The number of H-pyrrole nitrogens is 4. The predicted octanol–water partition coefficient (Wildman–Crippen LogP) is 11.2. The molecule has 4 aromatic heterocycles. The summed E-state index contributed by atoms with van der Waals surface area (Å²) >= 11 is 0. The van der Waals surface area contributed by atoms with Gasteiger partial charge in [0.15, 0.2) is 0 Å². The van der Waals surface area contributed by atoms with E-state index in [2.05, 4.69) is 151 Å². The molecule has 12 nitrogen and oxygen atoms in total. The summed E-state index contributed by atoms with van der Waals surface area (Å²) in [4.78, 5) is 58.7. The number of hydrogen-bond donors (Lipinski definition) is 4. The van der Waals surface area contributed by atoms with E-state index < -0.39 is 0 Å². The standard InChI is InChI=1S/C65H80N8O4/c1-17-42-34(9)50(28-58-46(21-5)38(13)62(74)70-58)66-54(42)32-56-44(19-3)36(11)52(68-56)30-60-48(23-7)40(15)64(72-60)76-26-25-27-77-65-41(16)49(24-8)61(73-65)31-53-37(12)45(20-4)57(69-53)33-55-43(18-2)35(10)51(67-55)29-59-47(22-6)39(14)63(75)71-59/h28-33,66-69H,17-27H2,1-16H3/b50-28-,51-29+,54-32-,55-33-,60-30-,61-31-. The number of aliphatic imine (C=N–C) groups is 4. The average molecular weight is 1040 g/mol. The predicted molar refractivity (Wildman–Crippen MR) is 318 cm³/mol. The Balaban J connectivity index is 0.967. The monoisotopic (exact) mass is 1040 g/mol. The van der Waals surface area contributed by atoms with Crippen LogP contribution in [0.4, 0.5) is 0 Å². The summed E-state index contributed by atoms with van der Waals surface area (Å²) < 4.78 is 12.8. The third-order valence-electron chi connectivity index (χ3n) is 16.3. The van der Waals surface area contributed by atoms with Crippen molar-refractivity contribution in [2.45, 2.75) is 169 Å². The molecule has 4 aliphatic rings. The molecule has 0 saturated carbocycles. The minimum Gasteiger partial charge on any atom is -0.477 e. The Morgan fingerprint density at radius 2 is 0.727 bits per heavy atom. The van der Waals surface area contributed by atoms with Gasteiger partial charge in [-0.25, -0.2) is 20.0 Å². The minimum absolute atomic E-state index is 0.144. The lowest BCUT2D eigenvalue weighted by atomic mass is 10.0. The highest BCUT2D eigenvalue weighted by molar-refractivity contribution is 6.31. The molecule has 4 aliphatic heterocycles. The summed E-state index contributed by atoms with van der Waals surface area (Å²) in [6, 6.07) is 0. The molecule has 2 amide bonds. The molecular weight excluding hydrogens is 957 g/mol. The van der Waals surface area contributed by atoms with Gasteiger partial charge in [-0.05, 0) is 210 Å². The number of allylic oxidation sites excluding steroid dienone is 4. The SMILES string of the molecule is CCC1=C(C)C(=O)N=C1/C=c1\[nH]/c(=C\c2[nH]c(/C=C3\N=C(OCCCOC4=N/C(=C\c5[nH]c(/C=c6\[nH]/c(=C/C7=NC(=O)C(C)=C7CC)c(C)c6CC)c(CC)c5C)C(CC)=C4C)C(C)=C3CC)c(C)c2CC)c(CC)c1C. The number of hydrogen-bond acceptors (Lipinski definition) is 6. The molecule has 0 unspecified atom stereocenters. The van der Waals surface area contributed by atoms with Crippen LogP contribution in [0.15, 0.2) is 75.9 Å². The summed E-state index contributed by atoms with van der Waals surface area (Å²) in [5, 5.41) is 4.08. The maximum Gasteiger partial charge on any atom is 0.273 e. The second-order valence-electron chi connectivity index (χ2n) is 20.6. The Kier molecular flexibility index (Phi) is 17.1. The number of nitrogens with one attached hydrogen (secondary N) is 4. The number of ether oxygens (including phenoxy) is 2. The number of rotatable bonds is 18. The van der Waals surface area contributed by atoms with Crippen molar-refractivity contribution in [1.82, 2.24) is 19.9 Å². The largest absolute Gasteiger partial charge is 0.477 e. The zero-order valence-corrected chi connectivity index (χ0v) is 48.7. The molecule has 0 atom stereocenters. The van der Waals surface area contributed by atoms with E-state index in [1.807, 2.05) is 26.0 Å².